The zero-order valence-corrected chi connectivity index (χ0v) is 14.1. The quantitative estimate of drug-likeness (QED) is 0.777. The van der Waals surface area contributed by atoms with Crippen molar-refractivity contribution in [3.63, 3.8) is 0 Å². The summed E-state index contributed by atoms with van der Waals surface area (Å²) in [5.74, 6) is 2.17. The molecule has 2 heterocycles. The predicted molar refractivity (Wildman–Crippen MR) is 86.7 cm³/mol. The maximum Gasteiger partial charge on any atom is 0.147 e. The van der Waals surface area contributed by atoms with Crippen LogP contribution in [0.5, 0.6) is 0 Å². The average molecular weight is 306 g/mol. The number of nitrogens with zero attached hydrogens (tertiary/aromatic N) is 4. The molecule has 1 aliphatic heterocycles. The van der Waals surface area contributed by atoms with Crippen molar-refractivity contribution in [1.82, 2.24) is 19.7 Å². The van der Waals surface area contributed by atoms with Gasteiger partial charge in [0.1, 0.15) is 11.6 Å². The molecular weight excluding hydrogens is 276 g/mol. The second-order valence-electron chi connectivity index (χ2n) is 6.82. The predicted octanol–water partition coefficient (Wildman–Crippen LogP) is 2.92. The van der Waals surface area contributed by atoms with Gasteiger partial charge in [-0.3, -0.25) is 4.90 Å². The van der Waals surface area contributed by atoms with Gasteiger partial charge in [-0.05, 0) is 39.0 Å². The Hall–Kier alpha value is -0.940. The lowest BCUT2D eigenvalue weighted by Gasteiger charge is -2.30. The van der Waals surface area contributed by atoms with E-state index in [1.165, 1.54) is 38.5 Å². The standard InChI is InChI=1S/C17H30N4O/c1-3-10-21-14(2)18-19-17(21)13-20(15-7-4-5-8-15)12-16-9-6-11-22-16/h15-16H,3-13H2,1-2H3. The summed E-state index contributed by atoms with van der Waals surface area (Å²) in [7, 11) is 0. The van der Waals surface area contributed by atoms with Gasteiger partial charge < -0.3 is 9.30 Å². The van der Waals surface area contributed by atoms with E-state index >= 15 is 0 Å². The van der Waals surface area contributed by atoms with Crippen LogP contribution in [0, 0.1) is 6.92 Å². The Labute approximate surface area is 134 Å². The molecule has 1 aliphatic carbocycles. The summed E-state index contributed by atoms with van der Waals surface area (Å²) in [6.45, 7) is 8.21. The largest absolute Gasteiger partial charge is 0.377 e. The first-order chi connectivity index (χ1) is 10.8. The lowest BCUT2D eigenvalue weighted by atomic mass is 10.1. The number of hydrogen-bond acceptors (Lipinski definition) is 4. The minimum absolute atomic E-state index is 0.421. The van der Waals surface area contributed by atoms with Crippen molar-refractivity contribution in [3.05, 3.63) is 11.6 Å². The fourth-order valence-corrected chi connectivity index (χ4v) is 3.90. The van der Waals surface area contributed by atoms with Crippen LogP contribution in [-0.4, -0.2) is 45.0 Å². The van der Waals surface area contributed by atoms with Gasteiger partial charge in [0.15, 0.2) is 0 Å². The summed E-state index contributed by atoms with van der Waals surface area (Å²) in [6.07, 6.45) is 9.37. The topological polar surface area (TPSA) is 43.2 Å². The van der Waals surface area contributed by atoms with Crippen molar-refractivity contribution < 1.29 is 4.74 Å². The summed E-state index contributed by atoms with van der Waals surface area (Å²) in [5.41, 5.74) is 0. The Morgan fingerprint density at radius 1 is 1.18 bits per heavy atom. The summed E-state index contributed by atoms with van der Waals surface area (Å²) in [5, 5.41) is 8.75. The van der Waals surface area contributed by atoms with Crippen LogP contribution < -0.4 is 0 Å². The minimum atomic E-state index is 0.421. The highest BCUT2D eigenvalue weighted by molar-refractivity contribution is 4.95. The van der Waals surface area contributed by atoms with Gasteiger partial charge in [0.05, 0.1) is 12.6 Å². The van der Waals surface area contributed by atoms with E-state index in [4.69, 9.17) is 4.74 Å². The van der Waals surface area contributed by atoms with Crippen LogP contribution in [0.2, 0.25) is 0 Å². The van der Waals surface area contributed by atoms with E-state index in [1.807, 2.05) is 0 Å². The van der Waals surface area contributed by atoms with E-state index in [0.717, 1.165) is 44.3 Å². The molecule has 22 heavy (non-hydrogen) atoms. The van der Waals surface area contributed by atoms with E-state index in [1.54, 1.807) is 0 Å². The van der Waals surface area contributed by atoms with E-state index in [0.29, 0.717) is 12.1 Å². The van der Waals surface area contributed by atoms with Crippen LogP contribution in [0.1, 0.15) is 63.5 Å². The molecule has 0 bridgehead atoms. The van der Waals surface area contributed by atoms with E-state index in [2.05, 4.69) is 33.5 Å². The number of aromatic nitrogens is 3. The Morgan fingerprint density at radius 2 is 2.00 bits per heavy atom. The normalized spacial score (nSPS) is 23.0. The number of aryl methyl sites for hydroxylation is 1. The highest BCUT2D eigenvalue weighted by Crippen LogP contribution is 2.26. The summed E-state index contributed by atoms with van der Waals surface area (Å²) in [4.78, 5) is 2.62. The van der Waals surface area contributed by atoms with Crippen molar-refractivity contribution >= 4 is 0 Å². The maximum atomic E-state index is 5.88. The first-order valence-corrected chi connectivity index (χ1v) is 9.02. The van der Waals surface area contributed by atoms with Gasteiger partial charge >= 0.3 is 0 Å². The lowest BCUT2D eigenvalue weighted by Crippen LogP contribution is -2.39. The van der Waals surface area contributed by atoms with Crippen molar-refractivity contribution in [1.29, 1.82) is 0 Å². The third-order valence-electron chi connectivity index (χ3n) is 5.11. The molecule has 5 heteroatoms. The summed E-state index contributed by atoms with van der Waals surface area (Å²) in [6, 6.07) is 0.705. The Kier molecular flexibility index (Phi) is 5.47. The zero-order valence-electron chi connectivity index (χ0n) is 14.1. The molecule has 3 rings (SSSR count). The molecule has 1 unspecified atom stereocenters. The molecule has 0 aromatic carbocycles. The second kappa shape index (κ2) is 7.55. The minimum Gasteiger partial charge on any atom is -0.377 e. The number of ether oxygens (including phenoxy) is 1. The molecule has 1 aromatic rings. The molecule has 5 nitrogen and oxygen atoms in total. The van der Waals surface area contributed by atoms with Crippen LogP contribution in [0.3, 0.4) is 0 Å². The SMILES string of the molecule is CCCn1c(C)nnc1CN(CC1CCCO1)C1CCCC1. The smallest absolute Gasteiger partial charge is 0.147 e. The van der Waals surface area contributed by atoms with E-state index in [9.17, 15) is 0 Å². The Morgan fingerprint density at radius 3 is 2.68 bits per heavy atom. The Bertz CT molecular complexity index is 461. The molecule has 2 aliphatic rings. The molecule has 1 aromatic heterocycles. The number of rotatable bonds is 7. The van der Waals surface area contributed by atoms with Gasteiger partial charge in [-0.15, -0.1) is 10.2 Å². The molecule has 124 valence electrons. The first-order valence-electron chi connectivity index (χ1n) is 9.02. The van der Waals surface area contributed by atoms with Crippen LogP contribution in [-0.2, 0) is 17.8 Å². The van der Waals surface area contributed by atoms with Gasteiger partial charge in [0.2, 0.25) is 0 Å². The fraction of sp³-hybridized carbons (Fsp3) is 0.882. The monoisotopic (exact) mass is 306 g/mol. The fourth-order valence-electron chi connectivity index (χ4n) is 3.90. The maximum absolute atomic E-state index is 5.88. The Balaban J connectivity index is 1.70. The van der Waals surface area contributed by atoms with Crippen LogP contribution in [0.15, 0.2) is 0 Å². The van der Waals surface area contributed by atoms with Crippen LogP contribution in [0.4, 0.5) is 0 Å². The van der Waals surface area contributed by atoms with Crippen LogP contribution >= 0.6 is 0 Å². The van der Waals surface area contributed by atoms with Crippen molar-refractivity contribution in [2.45, 2.75) is 84.0 Å². The average Bonchev–Trinajstić information content (AvgIpc) is 3.24. The molecule has 2 fully saturated rings. The molecular formula is C17H30N4O. The lowest BCUT2D eigenvalue weighted by molar-refractivity contribution is 0.0525. The van der Waals surface area contributed by atoms with Gasteiger partial charge in [-0.1, -0.05) is 19.8 Å². The van der Waals surface area contributed by atoms with Gasteiger partial charge in [-0.25, -0.2) is 0 Å². The number of hydrogen-bond donors (Lipinski definition) is 0. The van der Waals surface area contributed by atoms with Crippen molar-refractivity contribution in [2.75, 3.05) is 13.2 Å². The molecule has 1 atom stereocenters. The highest BCUT2D eigenvalue weighted by Gasteiger charge is 2.28. The van der Waals surface area contributed by atoms with Crippen molar-refractivity contribution in [3.8, 4) is 0 Å². The second-order valence-corrected chi connectivity index (χ2v) is 6.82. The van der Waals surface area contributed by atoms with E-state index in [-0.39, 0.29) is 0 Å². The molecule has 0 N–H and O–H groups in total. The highest BCUT2D eigenvalue weighted by atomic mass is 16.5. The van der Waals surface area contributed by atoms with Gasteiger partial charge in [0.25, 0.3) is 0 Å². The molecule has 0 amide bonds. The molecule has 0 spiro atoms. The first kappa shape index (κ1) is 15.9. The summed E-state index contributed by atoms with van der Waals surface area (Å²) < 4.78 is 8.17. The molecule has 1 saturated heterocycles. The third kappa shape index (κ3) is 3.69. The molecule has 0 radical (unpaired) electrons. The van der Waals surface area contributed by atoms with Crippen LogP contribution in [0.25, 0.3) is 0 Å². The third-order valence-corrected chi connectivity index (χ3v) is 5.11. The van der Waals surface area contributed by atoms with Crippen molar-refractivity contribution in [2.24, 2.45) is 0 Å². The van der Waals surface area contributed by atoms with Gasteiger partial charge in [0, 0.05) is 25.7 Å². The summed E-state index contributed by atoms with van der Waals surface area (Å²) >= 11 is 0. The van der Waals surface area contributed by atoms with E-state index < -0.39 is 0 Å². The molecule has 1 saturated carbocycles. The van der Waals surface area contributed by atoms with Gasteiger partial charge in [-0.2, -0.15) is 0 Å². The zero-order chi connectivity index (χ0) is 15.4.